The van der Waals surface area contributed by atoms with Crippen LogP contribution in [0.1, 0.15) is 5.56 Å². The van der Waals surface area contributed by atoms with Gasteiger partial charge >= 0.3 is 0 Å². The SMILES string of the molecule is COc1cc2c(NCCc3ccncc3)nc(Cl)nc2cc1I. The Kier molecular flexibility index (Phi) is 5.12. The Bertz CT molecular complexity index is 829. The molecule has 0 atom stereocenters. The van der Waals surface area contributed by atoms with E-state index in [4.69, 9.17) is 16.3 Å². The highest BCUT2D eigenvalue weighted by Crippen LogP contribution is 2.30. The normalized spacial score (nSPS) is 10.7. The average Bonchev–Trinajstić information content (AvgIpc) is 2.55. The zero-order valence-electron chi connectivity index (χ0n) is 12.4. The second-order valence-corrected chi connectivity index (χ2v) is 6.38. The lowest BCUT2D eigenvalue weighted by atomic mass is 10.2. The molecule has 0 radical (unpaired) electrons. The number of ether oxygens (including phenoxy) is 1. The Morgan fingerprint density at radius 3 is 2.74 bits per heavy atom. The first-order valence-corrected chi connectivity index (χ1v) is 8.46. The van der Waals surface area contributed by atoms with Gasteiger partial charge in [-0.1, -0.05) is 0 Å². The second kappa shape index (κ2) is 7.27. The van der Waals surface area contributed by atoms with Crippen molar-refractivity contribution in [3.8, 4) is 5.75 Å². The minimum atomic E-state index is 0.227. The van der Waals surface area contributed by atoms with E-state index in [1.165, 1.54) is 5.56 Å². The van der Waals surface area contributed by atoms with Crippen LogP contribution in [0.15, 0.2) is 36.7 Å². The van der Waals surface area contributed by atoms with Crippen LogP contribution in [0.2, 0.25) is 5.28 Å². The highest BCUT2D eigenvalue weighted by atomic mass is 127. The summed E-state index contributed by atoms with van der Waals surface area (Å²) in [6.45, 7) is 0.737. The number of hydrogen-bond donors (Lipinski definition) is 1. The molecule has 0 aliphatic heterocycles. The summed E-state index contributed by atoms with van der Waals surface area (Å²) in [5, 5.41) is 4.45. The van der Waals surface area contributed by atoms with Crippen molar-refractivity contribution in [2.45, 2.75) is 6.42 Å². The van der Waals surface area contributed by atoms with Gasteiger partial charge < -0.3 is 10.1 Å². The van der Waals surface area contributed by atoms with E-state index in [9.17, 15) is 0 Å². The van der Waals surface area contributed by atoms with Crippen LogP contribution in [-0.2, 0) is 6.42 Å². The fourth-order valence-corrected chi connectivity index (χ4v) is 3.11. The number of anilines is 1. The van der Waals surface area contributed by atoms with Gasteiger partial charge in [-0.05, 0) is 70.4 Å². The van der Waals surface area contributed by atoms with Crippen molar-refractivity contribution in [3.05, 3.63) is 51.1 Å². The molecule has 0 spiro atoms. The zero-order chi connectivity index (χ0) is 16.2. The quantitative estimate of drug-likeness (QED) is 0.481. The van der Waals surface area contributed by atoms with Crippen molar-refractivity contribution in [1.82, 2.24) is 15.0 Å². The molecular weight excluding hydrogens is 427 g/mol. The van der Waals surface area contributed by atoms with E-state index < -0.39 is 0 Å². The predicted molar refractivity (Wildman–Crippen MR) is 100 cm³/mol. The fourth-order valence-electron chi connectivity index (χ4n) is 2.27. The molecule has 0 aliphatic rings. The number of benzene rings is 1. The summed E-state index contributed by atoms with van der Waals surface area (Å²) in [6, 6.07) is 7.87. The molecule has 0 fully saturated rings. The summed E-state index contributed by atoms with van der Waals surface area (Å²) in [4.78, 5) is 12.6. The van der Waals surface area contributed by atoms with Gasteiger partial charge in [-0.3, -0.25) is 4.98 Å². The third-order valence-electron chi connectivity index (χ3n) is 3.40. The van der Waals surface area contributed by atoms with Crippen molar-refractivity contribution >= 4 is 50.9 Å². The minimum absolute atomic E-state index is 0.227. The van der Waals surface area contributed by atoms with E-state index in [0.717, 1.165) is 33.2 Å². The molecule has 7 heteroatoms. The molecule has 23 heavy (non-hydrogen) atoms. The van der Waals surface area contributed by atoms with Gasteiger partial charge in [-0.15, -0.1) is 0 Å². The summed E-state index contributed by atoms with van der Waals surface area (Å²) < 4.78 is 6.36. The van der Waals surface area contributed by atoms with E-state index in [0.29, 0.717) is 5.82 Å². The highest BCUT2D eigenvalue weighted by molar-refractivity contribution is 14.1. The lowest BCUT2D eigenvalue weighted by molar-refractivity contribution is 0.412. The number of methoxy groups -OCH3 is 1. The fraction of sp³-hybridized carbons (Fsp3) is 0.188. The molecule has 0 amide bonds. The molecular formula is C16H14ClIN4O. The van der Waals surface area contributed by atoms with Crippen LogP contribution in [0, 0.1) is 3.57 Å². The van der Waals surface area contributed by atoms with E-state index in [1.807, 2.05) is 24.3 Å². The van der Waals surface area contributed by atoms with Crippen molar-refractivity contribution in [2.24, 2.45) is 0 Å². The third kappa shape index (κ3) is 3.81. The number of nitrogens with zero attached hydrogens (tertiary/aromatic N) is 3. The number of rotatable bonds is 5. The van der Waals surface area contributed by atoms with Gasteiger partial charge in [0.1, 0.15) is 11.6 Å². The van der Waals surface area contributed by atoms with E-state index in [2.05, 4.69) is 42.9 Å². The predicted octanol–water partition coefficient (Wildman–Crippen LogP) is 3.95. The lowest BCUT2D eigenvalue weighted by Crippen LogP contribution is -2.07. The highest BCUT2D eigenvalue weighted by Gasteiger charge is 2.10. The average molecular weight is 441 g/mol. The van der Waals surface area contributed by atoms with Gasteiger partial charge in [0.25, 0.3) is 0 Å². The van der Waals surface area contributed by atoms with Crippen LogP contribution in [0.4, 0.5) is 5.82 Å². The van der Waals surface area contributed by atoms with Crippen LogP contribution in [0.5, 0.6) is 5.75 Å². The van der Waals surface area contributed by atoms with Gasteiger partial charge in [-0.25, -0.2) is 9.97 Å². The first kappa shape index (κ1) is 16.2. The maximum absolute atomic E-state index is 6.04. The number of nitrogens with one attached hydrogen (secondary N) is 1. The Labute approximate surface area is 152 Å². The molecule has 2 aromatic heterocycles. The van der Waals surface area contributed by atoms with Crippen LogP contribution in [-0.4, -0.2) is 28.6 Å². The van der Waals surface area contributed by atoms with E-state index >= 15 is 0 Å². The number of halogens is 2. The lowest BCUT2D eigenvalue weighted by Gasteiger charge is -2.11. The topological polar surface area (TPSA) is 59.9 Å². The molecule has 118 valence electrons. The molecule has 1 aromatic carbocycles. The molecule has 0 saturated carbocycles. The number of hydrogen-bond acceptors (Lipinski definition) is 5. The van der Waals surface area contributed by atoms with Crippen molar-refractivity contribution in [1.29, 1.82) is 0 Å². The molecule has 1 N–H and O–H groups in total. The van der Waals surface area contributed by atoms with E-state index in [-0.39, 0.29) is 5.28 Å². The molecule has 0 bridgehead atoms. The number of aromatic nitrogens is 3. The van der Waals surface area contributed by atoms with Crippen LogP contribution in [0.3, 0.4) is 0 Å². The maximum atomic E-state index is 6.04. The molecule has 0 saturated heterocycles. The van der Waals surface area contributed by atoms with Crippen LogP contribution >= 0.6 is 34.2 Å². The zero-order valence-corrected chi connectivity index (χ0v) is 15.3. The van der Waals surface area contributed by atoms with Crippen LogP contribution in [0.25, 0.3) is 10.9 Å². The third-order valence-corrected chi connectivity index (χ3v) is 4.41. The van der Waals surface area contributed by atoms with Gasteiger partial charge in [0.15, 0.2) is 0 Å². The van der Waals surface area contributed by atoms with Gasteiger partial charge in [0.2, 0.25) is 5.28 Å². The number of pyridine rings is 1. The summed E-state index contributed by atoms with van der Waals surface area (Å²) >= 11 is 8.26. The van der Waals surface area contributed by atoms with Crippen molar-refractivity contribution < 1.29 is 4.74 Å². The summed E-state index contributed by atoms with van der Waals surface area (Å²) in [5.41, 5.74) is 2.01. The largest absolute Gasteiger partial charge is 0.496 e. The first-order chi connectivity index (χ1) is 11.2. The minimum Gasteiger partial charge on any atom is -0.496 e. The van der Waals surface area contributed by atoms with Gasteiger partial charge in [0.05, 0.1) is 16.2 Å². The van der Waals surface area contributed by atoms with Crippen LogP contribution < -0.4 is 10.1 Å². The molecule has 3 rings (SSSR count). The monoisotopic (exact) mass is 440 g/mol. The summed E-state index contributed by atoms with van der Waals surface area (Å²) in [6.07, 6.45) is 4.45. The van der Waals surface area contributed by atoms with E-state index in [1.54, 1.807) is 19.5 Å². The maximum Gasteiger partial charge on any atom is 0.224 e. The second-order valence-electron chi connectivity index (χ2n) is 4.88. The van der Waals surface area contributed by atoms with Crippen molar-refractivity contribution in [2.75, 3.05) is 19.0 Å². The first-order valence-electron chi connectivity index (χ1n) is 7.01. The van der Waals surface area contributed by atoms with Gasteiger partial charge in [0, 0.05) is 24.3 Å². The Balaban J connectivity index is 1.87. The standard InChI is InChI=1S/C16H14ClIN4O/c1-23-14-8-11-13(9-12(14)18)21-16(17)22-15(11)20-7-4-10-2-5-19-6-3-10/h2-3,5-6,8-9H,4,7H2,1H3,(H,20,21,22). The Morgan fingerprint density at radius 2 is 2.00 bits per heavy atom. The number of fused-ring (bicyclic) bond motifs is 1. The van der Waals surface area contributed by atoms with Gasteiger partial charge in [-0.2, -0.15) is 0 Å². The molecule has 5 nitrogen and oxygen atoms in total. The summed E-state index contributed by atoms with van der Waals surface area (Å²) in [7, 11) is 1.65. The molecule has 0 unspecified atom stereocenters. The van der Waals surface area contributed by atoms with Crippen molar-refractivity contribution in [3.63, 3.8) is 0 Å². The summed E-state index contributed by atoms with van der Waals surface area (Å²) in [5.74, 6) is 1.50. The molecule has 3 aromatic rings. The molecule has 2 heterocycles. The Hall–Kier alpha value is -1.67. The smallest absolute Gasteiger partial charge is 0.224 e. The molecule has 0 aliphatic carbocycles. The Morgan fingerprint density at radius 1 is 1.22 bits per heavy atom.